The molecule has 0 amide bonds. The average molecular weight is 228 g/mol. The second-order valence-corrected chi connectivity index (χ2v) is 4.57. The van der Waals surface area contributed by atoms with Crippen LogP contribution in [0.4, 0.5) is 4.79 Å². The second-order valence-electron chi connectivity index (χ2n) is 3.52. The Balaban J connectivity index is 2.15. The predicted octanol–water partition coefficient (Wildman–Crippen LogP) is 1.23. The molecule has 1 N–H and O–H groups in total. The molecule has 0 saturated carbocycles. The summed E-state index contributed by atoms with van der Waals surface area (Å²) in [5.74, 6) is 0. The van der Waals surface area contributed by atoms with Crippen LogP contribution in [0.15, 0.2) is 0 Å². The Hall–Kier alpha value is -1.14. The summed E-state index contributed by atoms with van der Waals surface area (Å²) >= 11 is 1.34. The molecule has 0 unspecified atom stereocenters. The lowest BCUT2D eigenvalue weighted by Crippen LogP contribution is -2.20. The molecular formula is C9H12N2O3S. The fraction of sp³-hybridized carbons (Fsp3) is 0.556. The molecule has 82 valence electrons. The van der Waals surface area contributed by atoms with Crippen molar-refractivity contribution in [2.24, 2.45) is 0 Å². The van der Waals surface area contributed by atoms with E-state index in [4.69, 9.17) is 5.11 Å². The highest BCUT2D eigenvalue weighted by Gasteiger charge is 2.17. The molecule has 0 spiro atoms. The van der Waals surface area contributed by atoms with Gasteiger partial charge in [0.2, 0.25) is 0 Å². The topological polar surface area (TPSA) is 62.7 Å². The fourth-order valence-corrected chi connectivity index (χ4v) is 2.51. The van der Waals surface area contributed by atoms with Gasteiger partial charge in [-0.25, -0.2) is 9.78 Å². The van der Waals surface area contributed by atoms with Gasteiger partial charge in [0.1, 0.15) is 0 Å². The fourth-order valence-electron chi connectivity index (χ4n) is 1.57. The number of fused-ring (bicyclic) bond motifs is 1. The minimum absolute atomic E-state index is 0.247. The SMILES string of the molecule is CN1CCc2nc(OC(=O)O)sc2CC1. The number of likely N-dealkylation sites (N-methyl/N-ethyl adjacent to an activating group) is 1. The molecule has 0 radical (unpaired) electrons. The molecule has 0 saturated heterocycles. The van der Waals surface area contributed by atoms with E-state index in [-0.39, 0.29) is 5.19 Å². The van der Waals surface area contributed by atoms with E-state index in [0.717, 1.165) is 36.5 Å². The zero-order valence-electron chi connectivity index (χ0n) is 8.39. The molecule has 0 aliphatic carbocycles. The summed E-state index contributed by atoms with van der Waals surface area (Å²) < 4.78 is 4.55. The van der Waals surface area contributed by atoms with Crippen LogP contribution in [0.1, 0.15) is 10.6 Å². The third-order valence-corrected chi connectivity index (χ3v) is 3.42. The molecule has 1 aliphatic rings. The maximum Gasteiger partial charge on any atom is 0.513 e. The smallest absolute Gasteiger partial charge is 0.449 e. The summed E-state index contributed by atoms with van der Waals surface area (Å²) in [6.45, 7) is 1.95. The number of hydrogen-bond donors (Lipinski definition) is 1. The van der Waals surface area contributed by atoms with Gasteiger partial charge in [-0.2, -0.15) is 0 Å². The number of nitrogens with zero attached hydrogens (tertiary/aromatic N) is 2. The first-order valence-corrected chi connectivity index (χ1v) is 5.54. The van der Waals surface area contributed by atoms with Crippen LogP contribution in [-0.4, -0.2) is 41.3 Å². The van der Waals surface area contributed by atoms with E-state index in [2.05, 4.69) is 21.7 Å². The van der Waals surface area contributed by atoms with Crippen molar-refractivity contribution < 1.29 is 14.6 Å². The van der Waals surface area contributed by atoms with Crippen LogP contribution in [0.25, 0.3) is 0 Å². The molecular weight excluding hydrogens is 216 g/mol. The van der Waals surface area contributed by atoms with Gasteiger partial charge in [-0.1, -0.05) is 11.3 Å². The minimum atomic E-state index is -1.30. The monoisotopic (exact) mass is 228 g/mol. The quantitative estimate of drug-likeness (QED) is 0.732. The van der Waals surface area contributed by atoms with Gasteiger partial charge in [-0.05, 0) is 13.5 Å². The van der Waals surface area contributed by atoms with E-state index in [9.17, 15) is 4.79 Å². The molecule has 6 heteroatoms. The van der Waals surface area contributed by atoms with Crippen LogP contribution < -0.4 is 4.74 Å². The summed E-state index contributed by atoms with van der Waals surface area (Å²) in [6.07, 6.45) is 0.494. The summed E-state index contributed by atoms with van der Waals surface area (Å²) in [6, 6.07) is 0. The Bertz CT molecular complexity index is 352. The summed E-state index contributed by atoms with van der Waals surface area (Å²) in [7, 11) is 2.07. The van der Waals surface area contributed by atoms with Gasteiger partial charge in [-0.3, -0.25) is 0 Å². The van der Waals surface area contributed by atoms with Crippen molar-refractivity contribution in [3.63, 3.8) is 0 Å². The third kappa shape index (κ3) is 2.45. The molecule has 1 aromatic heterocycles. The van der Waals surface area contributed by atoms with Crippen molar-refractivity contribution in [2.45, 2.75) is 12.8 Å². The van der Waals surface area contributed by atoms with Gasteiger partial charge in [0.15, 0.2) is 0 Å². The van der Waals surface area contributed by atoms with E-state index < -0.39 is 6.16 Å². The number of rotatable bonds is 1. The molecule has 5 nitrogen and oxygen atoms in total. The van der Waals surface area contributed by atoms with Crippen LogP contribution in [0.3, 0.4) is 0 Å². The first-order valence-electron chi connectivity index (χ1n) is 4.73. The Morgan fingerprint density at radius 3 is 3.00 bits per heavy atom. The molecule has 15 heavy (non-hydrogen) atoms. The number of ether oxygens (including phenoxy) is 1. The first kappa shape index (κ1) is 10.4. The van der Waals surface area contributed by atoms with Gasteiger partial charge in [0.25, 0.3) is 5.19 Å². The number of thiazole rings is 1. The van der Waals surface area contributed by atoms with Crippen LogP contribution in [0, 0.1) is 0 Å². The van der Waals surface area contributed by atoms with Gasteiger partial charge < -0.3 is 14.7 Å². The van der Waals surface area contributed by atoms with Crippen LogP contribution in [0.5, 0.6) is 5.19 Å². The zero-order chi connectivity index (χ0) is 10.8. The van der Waals surface area contributed by atoms with Crippen molar-refractivity contribution in [3.05, 3.63) is 10.6 Å². The maximum atomic E-state index is 10.3. The third-order valence-electron chi connectivity index (χ3n) is 2.38. The Morgan fingerprint density at radius 2 is 2.27 bits per heavy atom. The molecule has 0 aromatic carbocycles. The molecule has 0 bridgehead atoms. The van der Waals surface area contributed by atoms with Crippen molar-refractivity contribution in [1.29, 1.82) is 0 Å². The molecule has 2 rings (SSSR count). The molecule has 0 atom stereocenters. The van der Waals surface area contributed by atoms with Gasteiger partial charge >= 0.3 is 6.16 Å². The summed E-state index contributed by atoms with van der Waals surface area (Å²) in [5.41, 5.74) is 0.987. The van der Waals surface area contributed by atoms with E-state index in [1.54, 1.807) is 0 Å². The van der Waals surface area contributed by atoms with Gasteiger partial charge in [0.05, 0.1) is 5.69 Å². The molecule has 1 aliphatic heterocycles. The number of aromatic nitrogens is 1. The Morgan fingerprint density at radius 1 is 1.53 bits per heavy atom. The average Bonchev–Trinajstić information content (AvgIpc) is 2.45. The highest BCUT2D eigenvalue weighted by Crippen LogP contribution is 2.27. The highest BCUT2D eigenvalue weighted by atomic mass is 32.1. The lowest BCUT2D eigenvalue weighted by molar-refractivity contribution is 0.144. The van der Waals surface area contributed by atoms with E-state index in [1.165, 1.54) is 11.3 Å². The zero-order valence-corrected chi connectivity index (χ0v) is 9.21. The number of hydrogen-bond acceptors (Lipinski definition) is 5. The van der Waals surface area contributed by atoms with Gasteiger partial charge in [-0.15, -0.1) is 0 Å². The van der Waals surface area contributed by atoms with Crippen LogP contribution >= 0.6 is 11.3 Å². The predicted molar refractivity (Wildman–Crippen MR) is 55.7 cm³/mol. The van der Waals surface area contributed by atoms with E-state index in [0.29, 0.717) is 0 Å². The van der Waals surface area contributed by atoms with Crippen LogP contribution in [0.2, 0.25) is 0 Å². The largest absolute Gasteiger partial charge is 0.513 e. The van der Waals surface area contributed by atoms with Crippen molar-refractivity contribution in [2.75, 3.05) is 20.1 Å². The van der Waals surface area contributed by atoms with Crippen LogP contribution in [-0.2, 0) is 12.8 Å². The van der Waals surface area contributed by atoms with E-state index >= 15 is 0 Å². The number of carbonyl (C=O) groups is 1. The van der Waals surface area contributed by atoms with Crippen molar-refractivity contribution in [1.82, 2.24) is 9.88 Å². The summed E-state index contributed by atoms with van der Waals surface area (Å²) in [5, 5.41) is 8.71. The number of carboxylic acid groups (broad SMARTS) is 1. The molecule has 1 aromatic rings. The normalized spacial score (nSPS) is 16.9. The van der Waals surface area contributed by atoms with Crippen molar-refractivity contribution >= 4 is 17.5 Å². The lowest BCUT2D eigenvalue weighted by atomic mass is 10.2. The summed E-state index contributed by atoms with van der Waals surface area (Å²) in [4.78, 5) is 17.9. The van der Waals surface area contributed by atoms with Crippen molar-refractivity contribution in [3.8, 4) is 5.19 Å². The molecule has 0 fully saturated rings. The highest BCUT2D eigenvalue weighted by molar-refractivity contribution is 7.13. The lowest BCUT2D eigenvalue weighted by Gasteiger charge is -2.10. The Kier molecular flexibility index (Phi) is 2.88. The van der Waals surface area contributed by atoms with Gasteiger partial charge in [0, 0.05) is 24.4 Å². The maximum absolute atomic E-state index is 10.3. The minimum Gasteiger partial charge on any atom is -0.449 e. The second kappa shape index (κ2) is 4.16. The first-order chi connectivity index (χ1) is 7.15. The standard InChI is InChI=1S/C9H12N2O3S/c1-11-4-2-6-7(3-5-11)15-8(10-6)14-9(12)13/h2-5H2,1H3,(H,12,13). The van der Waals surface area contributed by atoms with E-state index in [1.807, 2.05) is 0 Å². The Labute approximate surface area is 91.3 Å². The molecule has 2 heterocycles.